The molecule has 0 saturated heterocycles. The highest BCUT2D eigenvalue weighted by Gasteiger charge is 2.04. The van der Waals surface area contributed by atoms with Crippen LogP contribution in [0.1, 0.15) is 16.8 Å². The maximum atomic E-state index is 12.1. The minimum absolute atomic E-state index is 0.120. The number of aromatic nitrogens is 3. The van der Waals surface area contributed by atoms with E-state index in [2.05, 4.69) is 15.3 Å². The van der Waals surface area contributed by atoms with E-state index in [1.165, 1.54) is 6.21 Å². The van der Waals surface area contributed by atoms with Crippen LogP contribution in [0, 0.1) is 11.7 Å². The fraction of sp³-hybridized carbons (Fsp3) is 0.111. The number of ether oxygens (including phenoxy) is 1. The molecule has 0 aliphatic carbocycles. The Labute approximate surface area is 159 Å². The van der Waals surface area contributed by atoms with Crippen LogP contribution in [-0.2, 0) is 6.61 Å². The largest absolute Gasteiger partial charge is 0.488 e. The fourth-order valence-electron chi connectivity index (χ4n) is 2.20. The molecular weight excluding hydrogens is 372 g/mol. The van der Waals surface area contributed by atoms with E-state index in [9.17, 15) is 4.79 Å². The van der Waals surface area contributed by atoms with E-state index in [-0.39, 0.29) is 16.0 Å². The Bertz CT molecular complexity index is 1080. The van der Waals surface area contributed by atoms with E-state index in [0.29, 0.717) is 22.9 Å². The Morgan fingerprint density at radius 3 is 2.92 bits per heavy atom. The van der Waals surface area contributed by atoms with Gasteiger partial charge in [-0.1, -0.05) is 35.9 Å². The van der Waals surface area contributed by atoms with Gasteiger partial charge >= 0.3 is 0 Å². The molecule has 0 bridgehead atoms. The van der Waals surface area contributed by atoms with Crippen LogP contribution in [0.15, 0.2) is 58.4 Å². The van der Waals surface area contributed by atoms with Crippen LogP contribution in [0.25, 0.3) is 0 Å². The lowest BCUT2D eigenvalue weighted by Crippen LogP contribution is -2.22. The average molecular weight is 387 g/mol. The van der Waals surface area contributed by atoms with Crippen molar-refractivity contribution in [3.8, 4) is 5.75 Å². The molecule has 0 aliphatic rings. The molecule has 8 heteroatoms. The minimum Gasteiger partial charge on any atom is -0.488 e. The van der Waals surface area contributed by atoms with Crippen LogP contribution in [0.3, 0.4) is 0 Å². The Balaban J connectivity index is 1.85. The normalized spacial score (nSPS) is 11.0. The Morgan fingerprint density at radius 2 is 2.12 bits per heavy atom. The summed E-state index contributed by atoms with van der Waals surface area (Å²) in [6, 6.07) is 14.8. The van der Waals surface area contributed by atoms with Crippen molar-refractivity contribution >= 4 is 30.0 Å². The zero-order chi connectivity index (χ0) is 18.5. The first-order chi connectivity index (χ1) is 12.5. The second-order valence-electron chi connectivity index (χ2n) is 5.43. The third-order valence-electron chi connectivity index (χ3n) is 3.53. The second-order valence-corrected chi connectivity index (χ2v) is 6.26. The number of aromatic amines is 1. The van der Waals surface area contributed by atoms with Crippen molar-refractivity contribution < 1.29 is 4.74 Å². The van der Waals surface area contributed by atoms with Crippen molar-refractivity contribution in [3.63, 3.8) is 0 Å². The van der Waals surface area contributed by atoms with Gasteiger partial charge in [0.25, 0.3) is 5.56 Å². The van der Waals surface area contributed by atoms with Crippen molar-refractivity contribution in [2.75, 3.05) is 0 Å². The number of hydrogen-bond donors (Lipinski definition) is 1. The number of para-hydroxylation sites is 1. The maximum Gasteiger partial charge on any atom is 0.296 e. The maximum absolute atomic E-state index is 12.1. The molecule has 0 unspecified atom stereocenters. The predicted octanol–water partition coefficient (Wildman–Crippen LogP) is 3.72. The van der Waals surface area contributed by atoms with Crippen molar-refractivity contribution in [1.82, 2.24) is 14.9 Å². The lowest BCUT2D eigenvalue weighted by molar-refractivity contribution is 0.306. The molecule has 1 aromatic heterocycles. The van der Waals surface area contributed by atoms with Crippen molar-refractivity contribution in [2.24, 2.45) is 5.10 Å². The molecule has 0 saturated carbocycles. The number of nitrogens with zero attached hydrogens (tertiary/aromatic N) is 3. The van der Waals surface area contributed by atoms with Gasteiger partial charge in [-0.2, -0.15) is 14.9 Å². The van der Waals surface area contributed by atoms with Crippen molar-refractivity contribution in [2.45, 2.75) is 13.5 Å². The highest BCUT2D eigenvalue weighted by molar-refractivity contribution is 7.71. The molecule has 0 amide bonds. The van der Waals surface area contributed by atoms with E-state index in [1.807, 2.05) is 48.5 Å². The van der Waals surface area contributed by atoms with Gasteiger partial charge in [-0.3, -0.25) is 9.89 Å². The average Bonchev–Trinajstić information content (AvgIpc) is 2.64. The van der Waals surface area contributed by atoms with Gasteiger partial charge in [-0.15, -0.1) is 0 Å². The van der Waals surface area contributed by atoms with Gasteiger partial charge < -0.3 is 4.74 Å². The lowest BCUT2D eigenvalue weighted by atomic mass is 10.2. The number of H-pyrrole nitrogens is 1. The Morgan fingerprint density at radius 1 is 1.31 bits per heavy atom. The fourth-order valence-corrected chi connectivity index (χ4v) is 2.59. The topological polar surface area (TPSA) is 72.3 Å². The van der Waals surface area contributed by atoms with E-state index in [1.54, 1.807) is 6.92 Å². The molecular formula is C18H15ClN4O2S. The van der Waals surface area contributed by atoms with Crippen LogP contribution in [0.5, 0.6) is 5.75 Å². The number of hydrogen-bond acceptors (Lipinski definition) is 5. The summed E-state index contributed by atoms with van der Waals surface area (Å²) in [6.45, 7) is 1.95. The first-order valence-electron chi connectivity index (χ1n) is 7.73. The molecule has 2 aromatic carbocycles. The number of halogens is 1. The van der Waals surface area contributed by atoms with E-state index < -0.39 is 0 Å². The van der Waals surface area contributed by atoms with Gasteiger partial charge in [0, 0.05) is 10.6 Å². The van der Waals surface area contributed by atoms with Gasteiger partial charge in [0.1, 0.15) is 18.1 Å². The summed E-state index contributed by atoms with van der Waals surface area (Å²) in [5.74, 6) is 0.630. The van der Waals surface area contributed by atoms with Crippen molar-refractivity contribution in [3.05, 3.63) is 85.5 Å². The molecule has 1 N–H and O–H groups in total. The monoisotopic (exact) mass is 386 g/mol. The number of aryl methyl sites for hydroxylation is 1. The summed E-state index contributed by atoms with van der Waals surface area (Å²) in [7, 11) is 0. The molecule has 0 radical (unpaired) electrons. The van der Waals surface area contributed by atoms with Crippen LogP contribution < -0.4 is 10.3 Å². The smallest absolute Gasteiger partial charge is 0.296 e. The van der Waals surface area contributed by atoms with Crippen LogP contribution >= 0.6 is 23.8 Å². The van der Waals surface area contributed by atoms with Gasteiger partial charge in [-0.25, -0.2) is 0 Å². The van der Waals surface area contributed by atoms with Gasteiger partial charge in [0.2, 0.25) is 4.77 Å². The summed E-state index contributed by atoms with van der Waals surface area (Å²) in [5.41, 5.74) is 1.57. The molecule has 1 heterocycles. The summed E-state index contributed by atoms with van der Waals surface area (Å²) in [4.78, 5) is 12.1. The Kier molecular flexibility index (Phi) is 5.60. The minimum atomic E-state index is -0.373. The zero-order valence-electron chi connectivity index (χ0n) is 13.8. The Hall–Kier alpha value is -2.77. The van der Waals surface area contributed by atoms with E-state index in [0.717, 1.165) is 10.2 Å². The van der Waals surface area contributed by atoms with Crippen LogP contribution in [-0.4, -0.2) is 21.1 Å². The zero-order valence-corrected chi connectivity index (χ0v) is 15.4. The van der Waals surface area contributed by atoms with Gasteiger partial charge in [-0.05, 0) is 49.0 Å². The third-order valence-corrected chi connectivity index (χ3v) is 4.03. The predicted molar refractivity (Wildman–Crippen MR) is 104 cm³/mol. The summed E-state index contributed by atoms with van der Waals surface area (Å²) < 4.78 is 7.08. The van der Waals surface area contributed by atoms with E-state index in [4.69, 9.17) is 28.6 Å². The van der Waals surface area contributed by atoms with E-state index >= 15 is 0 Å². The summed E-state index contributed by atoms with van der Waals surface area (Å²) in [6.07, 6.45) is 1.53. The molecule has 0 atom stereocenters. The molecule has 3 aromatic rings. The molecule has 6 nitrogen and oxygen atoms in total. The quantitative estimate of drug-likeness (QED) is 0.535. The molecule has 3 rings (SSSR count). The highest BCUT2D eigenvalue weighted by atomic mass is 35.5. The number of nitrogens with one attached hydrogen (secondary N) is 1. The molecule has 0 aliphatic heterocycles. The molecule has 0 spiro atoms. The lowest BCUT2D eigenvalue weighted by Gasteiger charge is -2.09. The van der Waals surface area contributed by atoms with Gasteiger partial charge in [0.15, 0.2) is 0 Å². The number of rotatable bonds is 5. The molecule has 0 fully saturated rings. The van der Waals surface area contributed by atoms with Crippen LogP contribution in [0.4, 0.5) is 0 Å². The highest BCUT2D eigenvalue weighted by Crippen LogP contribution is 2.19. The number of benzene rings is 2. The first kappa shape index (κ1) is 18.0. The van der Waals surface area contributed by atoms with Gasteiger partial charge in [0.05, 0.1) is 6.21 Å². The molecule has 132 valence electrons. The molecule has 26 heavy (non-hydrogen) atoms. The SMILES string of the molecule is Cc1n[nH]c(=S)n(/N=C/c2ccccc2OCc2cccc(Cl)c2)c1=O. The second kappa shape index (κ2) is 8.07. The van der Waals surface area contributed by atoms with Crippen LogP contribution in [0.2, 0.25) is 5.02 Å². The summed E-state index contributed by atoms with van der Waals surface area (Å²) in [5, 5.41) is 11.2. The van der Waals surface area contributed by atoms with Crippen molar-refractivity contribution in [1.29, 1.82) is 0 Å². The first-order valence-corrected chi connectivity index (χ1v) is 8.52. The third kappa shape index (κ3) is 4.25. The summed E-state index contributed by atoms with van der Waals surface area (Å²) >= 11 is 11.1. The standard InChI is InChI=1S/C18H15ClN4O2S/c1-12-17(24)23(18(26)22-21-12)20-10-14-6-2-3-8-16(14)25-11-13-5-4-7-15(19)9-13/h2-10H,11H2,1H3,(H,22,26)/b20-10+.